The summed E-state index contributed by atoms with van der Waals surface area (Å²) in [7, 11) is 1.53. The van der Waals surface area contributed by atoms with Gasteiger partial charge in [0.05, 0.1) is 18.6 Å². The number of fused-ring (bicyclic) bond motifs is 1. The van der Waals surface area contributed by atoms with Crippen LogP contribution in [0.2, 0.25) is 0 Å². The van der Waals surface area contributed by atoms with Crippen LogP contribution in [-0.4, -0.2) is 49.3 Å². The summed E-state index contributed by atoms with van der Waals surface area (Å²) in [6.07, 6.45) is 0. The van der Waals surface area contributed by atoms with Gasteiger partial charge in [-0.15, -0.1) is 0 Å². The second-order valence-corrected chi connectivity index (χ2v) is 4.48. The van der Waals surface area contributed by atoms with Crippen molar-refractivity contribution in [2.24, 2.45) is 0 Å². The van der Waals surface area contributed by atoms with E-state index in [1.54, 1.807) is 24.3 Å². The number of carbonyl (C=O) groups excluding carboxylic acids is 1. The first kappa shape index (κ1) is 15.2. The second-order valence-electron chi connectivity index (χ2n) is 4.48. The molecular weight excluding hydrogens is 274 g/mol. The van der Waals surface area contributed by atoms with E-state index in [9.17, 15) is 9.59 Å². The largest absolute Gasteiger partial charge is 0.451 e. The number of ether oxygens (including phenoxy) is 1. The molecule has 1 amide bonds. The van der Waals surface area contributed by atoms with Crippen molar-refractivity contribution in [1.29, 1.82) is 0 Å². The Labute approximate surface area is 121 Å². The average Bonchev–Trinajstić information content (AvgIpc) is 2.50. The van der Waals surface area contributed by atoms with Gasteiger partial charge in [0, 0.05) is 26.3 Å². The molecule has 2 rings (SSSR count). The molecule has 0 fully saturated rings. The molecule has 0 bridgehead atoms. The smallest absolute Gasteiger partial charge is 0.289 e. The first-order valence-electron chi connectivity index (χ1n) is 6.59. The highest BCUT2D eigenvalue weighted by Gasteiger charge is 2.19. The zero-order chi connectivity index (χ0) is 15.2. The molecule has 1 N–H and O–H groups in total. The maximum atomic E-state index is 12.4. The third kappa shape index (κ3) is 3.48. The topological polar surface area (TPSA) is 80.0 Å². The Balaban J connectivity index is 2.35. The van der Waals surface area contributed by atoms with Crippen LogP contribution in [0.4, 0.5) is 0 Å². The molecule has 0 radical (unpaired) electrons. The maximum Gasteiger partial charge on any atom is 0.289 e. The minimum Gasteiger partial charge on any atom is -0.451 e. The van der Waals surface area contributed by atoms with Gasteiger partial charge in [-0.3, -0.25) is 9.59 Å². The molecule has 1 aromatic carbocycles. The van der Waals surface area contributed by atoms with Crippen LogP contribution >= 0.6 is 0 Å². The highest BCUT2D eigenvalue weighted by molar-refractivity contribution is 5.93. The van der Waals surface area contributed by atoms with Crippen LogP contribution in [-0.2, 0) is 4.74 Å². The number of hydrogen-bond acceptors (Lipinski definition) is 5. The molecular formula is C15H17NO5. The molecule has 0 saturated carbocycles. The van der Waals surface area contributed by atoms with E-state index in [2.05, 4.69) is 0 Å². The highest BCUT2D eigenvalue weighted by atomic mass is 16.5. The number of aliphatic hydroxyl groups is 1. The van der Waals surface area contributed by atoms with Gasteiger partial charge in [0.2, 0.25) is 0 Å². The summed E-state index contributed by atoms with van der Waals surface area (Å²) in [5.41, 5.74) is 0.0972. The molecule has 0 atom stereocenters. The van der Waals surface area contributed by atoms with Crippen molar-refractivity contribution >= 4 is 16.9 Å². The zero-order valence-electron chi connectivity index (χ0n) is 11.7. The predicted molar refractivity (Wildman–Crippen MR) is 77.3 cm³/mol. The molecule has 0 unspecified atom stereocenters. The fourth-order valence-electron chi connectivity index (χ4n) is 2.00. The molecule has 1 heterocycles. The standard InChI is InChI=1S/C15H17NO5/c1-20-9-7-16(6-8-17)15(19)14-10-12(18)11-4-2-3-5-13(11)21-14/h2-5,10,17H,6-9H2,1H3. The first-order chi connectivity index (χ1) is 10.2. The lowest BCUT2D eigenvalue weighted by molar-refractivity contribution is 0.0626. The quantitative estimate of drug-likeness (QED) is 0.854. The molecule has 112 valence electrons. The monoisotopic (exact) mass is 291 g/mol. The zero-order valence-corrected chi connectivity index (χ0v) is 11.7. The van der Waals surface area contributed by atoms with E-state index in [-0.39, 0.29) is 24.3 Å². The summed E-state index contributed by atoms with van der Waals surface area (Å²) in [5, 5.41) is 9.46. The predicted octanol–water partition coefficient (Wildman–Crippen LogP) is 0.874. The Morgan fingerprint density at radius 3 is 2.81 bits per heavy atom. The molecule has 0 aliphatic rings. The number of nitrogens with zero attached hydrogens (tertiary/aromatic N) is 1. The van der Waals surface area contributed by atoms with Crippen LogP contribution in [0, 0.1) is 0 Å². The van der Waals surface area contributed by atoms with E-state index in [4.69, 9.17) is 14.3 Å². The minimum atomic E-state index is -0.441. The molecule has 0 saturated heterocycles. The van der Waals surface area contributed by atoms with Crippen LogP contribution in [0.3, 0.4) is 0 Å². The van der Waals surface area contributed by atoms with Gasteiger partial charge in [0.25, 0.3) is 5.91 Å². The van der Waals surface area contributed by atoms with E-state index >= 15 is 0 Å². The Morgan fingerprint density at radius 1 is 1.33 bits per heavy atom. The summed E-state index contributed by atoms with van der Waals surface area (Å²) >= 11 is 0. The lowest BCUT2D eigenvalue weighted by atomic mass is 10.2. The number of aliphatic hydroxyl groups excluding tert-OH is 1. The Hall–Kier alpha value is -2.18. The number of rotatable bonds is 6. The van der Waals surface area contributed by atoms with Crippen LogP contribution in [0.25, 0.3) is 11.0 Å². The third-order valence-electron chi connectivity index (χ3n) is 3.07. The summed E-state index contributed by atoms with van der Waals surface area (Å²) in [6.45, 7) is 0.627. The molecule has 2 aromatic rings. The van der Waals surface area contributed by atoms with Crippen molar-refractivity contribution in [3.63, 3.8) is 0 Å². The number of benzene rings is 1. The molecule has 21 heavy (non-hydrogen) atoms. The van der Waals surface area contributed by atoms with Gasteiger partial charge in [-0.25, -0.2) is 0 Å². The molecule has 6 nitrogen and oxygen atoms in total. The second kappa shape index (κ2) is 7.01. The van der Waals surface area contributed by atoms with E-state index in [1.165, 1.54) is 18.1 Å². The number of para-hydroxylation sites is 1. The van der Waals surface area contributed by atoms with Crippen molar-refractivity contribution < 1.29 is 19.1 Å². The van der Waals surface area contributed by atoms with Crippen molar-refractivity contribution in [2.45, 2.75) is 0 Å². The third-order valence-corrected chi connectivity index (χ3v) is 3.07. The number of carbonyl (C=O) groups is 1. The van der Waals surface area contributed by atoms with E-state index in [0.717, 1.165) is 0 Å². The highest BCUT2D eigenvalue weighted by Crippen LogP contribution is 2.13. The molecule has 0 spiro atoms. The fourth-order valence-corrected chi connectivity index (χ4v) is 2.00. The molecule has 0 aliphatic carbocycles. The van der Waals surface area contributed by atoms with Crippen molar-refractivity contribution in [3.05, 3.63) is 46.3 Å². The van der Waals surface area contributed by atoms with Crippen molar-refractivity contribution in [3.8, 4) is 0 Å². The van der Waals surface area contributed by atoms with Crippen LogP contribution in [0.5, 0.6) is 0 Å². The summed E-state index contributed by atoms with van der Waals surface area (Å²) in [4.78, 5) is 25.7. The average molecular weight is 291 g/mol. The van der Waals surface area contributed by atoms with Crippen LogP contribution < -0.4 is 5.43 Å². The Morgan fingerprint density at radius 2 is 2.10 bits per heavy atom. The summed E-state index contributed by atoms with van der Waals surface area (Å²) in [6, 6.07) is 7.93. The van der Waals surface area contributed by atoms with Gasteiger partial charge < -0.3 is 19.2 Å². The number of hydrogen-bond donors (Lipinski definition) is 1. The summed E-state index contributed by atoms with van der Waals surface area (Å²) in [5.74, 6) is -0.479. The lowest BCUT2D eigenvalue weighted by Crippen LogP contribution is -2.36. The normalized spacial score (nSPS) is 10.8. The Kier molecular flexibility index (Phi) is 5.08. The van der Waals surface area contributed by atoms with Crippen LogP contribution in [0.15, 0.2) is 39.5 Å². The maximum absolute atomic E-state index is 12.4. The van der Waals surface area contributed by atoms with Gasteiger partial charge in [-0.1, -0.05) is 12.1 Å². The number of amides is 1. The minimum absolute atomic E-state index is 0.0387. The SMILES string of the molecule is COCCN(CCO)C(=O)c1cc(=O)c2ccccc2o1. The van der Waals surface area contributed by atoms with E-state index in [0.29, 0.717) is 24.1 Å². The van der Waals surface area contributed by atoms with E-state index in [1.807, 2.05) is 0 Å². The van der Waals surface area contributed by atoms with Gasteiger partial charge in [0.15, 0.2) is 11.2 Å². The molecule has 6 heteroatoms. The van der Waals surface area contributed by atoms with Gasteiger partial charge in [-0.05, 0) is 12.1 Å². The molecule has 0 aliphatic heterocycles. The fraction of sp³-hybridized carbons (Fsp3) is 0.333. The van der Waals surface area contributed by atoms with Crippen molar-refractivity contribution in [2.75, 3.05) is 33.4 Å². The van der Waals surface area contributed by atoms with Gasteiger partial charge in [0.1, 0.15) is 5.58 Å². The number of methoxy groups -OCH3 is 1. The summed E-state index contributed by atoms with van der Waals surface area (Å²) < 4.78 is 10.4. The van der Waals surface area contributed by atoms with E-state index < -0.39 is 5.91 Å². The lowest BCUT2D eigenvalue weighted by Gasteiger charge is -2.20. The van der Waals surface area contributed by atoms with Crippen LogP contribution in [0.1, 0.15) is 10.6 Å². The molecule has 1 aromatic heterocycles. The Bertz CT molecular complexity index is 679. The van der Waals surface area contributed by atoms with Gasteiger partial charge in [-0.2, -0.15) is 0 Å². The first-order valence-corrected chi connectivity index (χ1v) is 6.59. The van der Waals surface area contributed by atoms with Gasteiger partial charge >= 0.3 is 0 Å². The van der Waals surface area contributed by atoms with Crippen molar-refractivity contribution in [1.82, 2.24) is 4.90 Å².